The van der Waals surface area contributed by atoms with Gasteiger partial charge in [-0.05, 0) is 48.0 Å². The molecule has 0 fully saturated rings. The smallest absolute Gasteiger partial charge is 0.152 e. The number of pyridine rings is 2. The number of aromatic amines is 2. The summed E-state index contributed by atoms with van der Waals surface area (Å²) in [5.74, 6) is 1.45. The van der Waals surface area contributed by atoms with Gasteiger partial charge in [0.1, 0.15) is 17.1 Å². The van der Waals surface area contributed by atoms with Crippen molar-refractivity contribution in [1.29, 1.82) is 0 Å². The van der Waals surface area contributed by atoms with Crippen LogP contribution in [0.25, 0.3) is 55.8 Å². The lowest BCUT2D eigenvalue weighted by Gasteiger charge is -2.04. The van der Waals surface area contributed by atoms with Crippen LogP contribution in [-0.2, 0) is 0 Å². The van der Waals surface area contributed by atoms with Crippen LogP contribution in [0.15, 0.2) is 77.8 Å². The Kier molecular flexibility index (Phi) is 3.86. The van der Waals surface area contributed by atoms with Gasteiger partial charge >= 0.3 is 0 Å². The quantitative estimate of drug-likeness (QED) is 0.406. The molecule has 0 radical (unpaired) electrons. The molecule has 0 bridgehead atoms. The molecule has 0 aliphatic rings. The molecule has 0 aliphatic heterocycles. The van der Waals surface area contributed by atoms with Crippen LogP contribution in [0.4, 0.5) is 0 Å². The third-order valence-electron chi connectivity index (χ3n) is 5.40. The Morgan fingerprint density at radius 1 is 0.903 bits per heavy atom. The molecule has 150 valence electrons. The van der Waals surface area contributed by atoms with Crippen molar-refractivity contribution in [2.24, 2.45) is 0 Å². The minimum absolute atomic E-state index is 0.721. The lowest BCUT2D eigenvalue weighted by atomic mass is 10.0. The Morgan fingerprint density at radius 2 is 1.84 bits per heavy atom. The molecular formula is C24H17N5O2. The molecule has 0 unspecified atom stereocenters. The van der Waals surface area contributed by atoms with Gasteiger partial charge in [0, 0.05) is 34.2 Å². The van der Waals surface area contributed by atoms with Crippen LogP contribution < -0.4 is 4.74 Å². The molecule has 0 saturated carbocycles. The number of hydrogen-bond donors (Lipinski definition) is 2. The molecule has 7 nitrogen and oxygen atoms in total. The maximum atomic E-state index is 5.57. The molecule has 6 aromatic rings. The van der Waals surface area contributed by atoms with E-state index in [9.17, 15) is 0 Å². The number of nitrogens with zero attached hydrogens (tertiary/aromatic N) is 3. The van der Waals surface area contributed by atoms with E-state index in [1.165, 1.54) is 0 Å². The van der Waals surface area contributed by atoms with Gasteiger partial charge in [0.2, 0.25) is 0 Å². The second-order valence-electron chi connectivity index (χ2n) is 7.23. The number of ether oxygens (including phenoxy) is 1. The Hall–Kier alpha value is -4.39. The van der Waals surface area contributed by atoms with Crippen LogP contribution in [0.1, 0.15) is 0 Å². The number of rotatable bonds is 4. The minimum atomic E-state index is 0.721. The molecular weight excluding hydrogens is 390 g/mol. The molecule has 0 atom stereocenters. The first-order valence-electron chi connectivity index (χ1n) is 9.80. The number of fused-ring (bicyclic) bond motifs is 2. The maximum Gasteiger partial charge on any atom is 0.152 e. The van der Waals surface area contributed by atoms with Crippen LogP contribution in [0.5, 0.6) is 5.75 Å². The summed E-state index contributed by atoms with van der Waals surface area (Å²) in [6.45, 7) is 0. The summed E-state index contributed by atoms with van der Waals surface area (Å²) in [7, 11) is 1.64. The Balaban J connectivity index is 1.50. The van der Waals surface area contributed by atoms with Gasteiger partial charge in [0.05, 0.1) is 30.8 Å². The fraction of sp³-hybridized carbons (Fsp3) is 0.0417. The van der Waals surface area contributed by atoms with E-state index < -0.39 is 0 Å². The topological polar surface area (TPSA) is 92.6 Å². The summed E-state index contributed by atoms with van der Waals surface area (Å²) in [6.07, 6.45) is 6.95. The van der Waals surface area contributed by atoms with E-state index in [4.69, 9.17) is 9.15 Å². The lowest BCUT2D eigenvalue weighted by Crippen LogP contribution is -1.86. The number of H-pyrrole nitrogens is 2. The Bertz CT molecular complexity index is 1530. The van der Waals surface area contributed by atoms with Gasteiger partial charge in [-0.2, -0.15) is 5.10 Å². The summed E-state index contributed by atoms with van der Waals surface area (Å²) in [6, 6.07) is 15.9. The van der Waals surface area contributed by atoms with Gasteiger partial charge in [-0.1, -0.05) is 6.07 Å². The van der Waals surface area contributed by atoms with Crippen molar-refractivity contribution in [2.75, 3.05) is 7.11 Å². The van der Waals surface area contributed by atoms with E-state index in [2.05, 4.69) is 37.3 Å². The van der Waals surface area contributed by atoms with Crippen molar-refractivity contribution >= 4 is 21.8 Å². The number of benzene rings is 1. The van der Waals surface area contributed by atoms with Crippen LogP contribution >= 0.6 is 0 Å². The first-order valence-corrected chi connectivity index (χ1v) is 9.80. The zero-order valence-electron chi connectivity index (χ0n) is 16.6. The van der Waals surface area contributed by atoms with Crippen molar-refractivity contribution < 1.29 is 9.15 Å². The summed E-state index contributed by atoms with van der Waals surface area (Å²) in [5.41, 5.74) is 6.49. The zero-order chi connectivity index (χ0) is 20.8. The van der Waals surface area contributed by atoms with Crippen LogP contribution in [0, 0.1) is 0 Å². The highest BCUT2D eigenvalue weighted by atomic mass is 16.5. The molecule has 6 rings (SSSR count). The van der Waals surface area contributed by atoms with Crippen molar-refractivity contribution in [3.05, 3.63) is 73.4 Å². The van der Waals surface area contributed by atoms with E-state index in [0.29, 0.717) is 0 Å². The molecule has 7 heteroatoms. The summed E-state index contributed by atoms with van der Waals surface area (Å²) < 4.78 is 10.9. The van der Waals surface area contributed by atoms with Crippen molar-refractivity contribution in [3.8, 4) is 39.7 Å². The SMILES string of the molecule is COc1cncc(-c2ccc3[nH]nc(-c4cc5c(-c6ccco6)nccc5[nH]4)c3c2)c1. The first-order chi connectivity index (χ1) is 15.3. The fourth-order valence-electron chi connectivity index (χ4n) is 3.88. The number of methoxy groups -OCH3 is 1. The number of furan rings is 1. The molecule has 1 aromatic carbocycles. The van der Waals surface area contributed by atoms with Crippen LogP contribution in [-0.4, -0.2) is 32.3 Å². The average Bonchev–Trinajstić information content (AvgIpc) is 3.57. The zero-order valence-corrected chi connectivity index (χ0v) is 16.6. The molecule has 2 N–H and O–H groups in total. The van der Waals surface area contributed by atoms with Gasteiger partial charge < -0.3 is 14.1 Å². The maximum absolute atomic E-state index is 5.57. The van der Waals surface area contributed by atoms with Gasteiger partial charge in [0.25, 0.3) is 0 Å². The predicted molar refractivity (Wildman–Crippen MR) is 119 cm³/mol. The number of nitrogens with one attached hydrogen (secondary N) is 2. The first kappa shape index (κ1) is 17.5. The van der Waals surface area contributed by atoms with Gasteiger partial charge in [-0.15, -0.1) is 0 Å². The highest BCUT2D eigenvalue weighted by Gasteiger charge is 2.16. The monoisotopic (exact) mass is 407 g/mol. The van der Waals surface area contributed by atoms with Crippen molar-refractivity contribution in [1.82, 2.24) is 25.1 Å². The molecule has 0 saturated heterocycles. The van der Waals surface area contributed by atoms with Crippen LogP contribution in [0.2, 0.25) is 0 Å². The lowest BCUT2D eigenvalue weighted by molar-refractivity contribution is 0.413. The second-order valence-corrected chi connectivity index (χ2v) is 7.23. The molecule has 0 spiro atoms. The summed E-state index contributed by atoms with van der Waals surface area (Å²) in [4.78, 5) is 12.3. The predicted octanol–water partition coefficient (Wildman–Crippen LogP) is 5.44. The number of hydrogen-bond acceptors (Lipinski definition) is 5. The second kappa shape index (κ2) is 6.84. The minimum Gasteiger partial charge on any atom is -0.495 e. The van der Waals surface area contributed by atoms with Crippen molar-refractivity contribution in [3.63, 3.8) is 0 Å². The van der Waals surface area contributed by atoms with Crippen molar-refractivity contribution in [2.45, 2.75) is 0 Å². The third-order valence-corrected chi connectivity index (χ3v) is 5.40. The highest BCUT2D eigenvalue weighted by Crippen LogP contribution is 2.34. The van der Waals surface area contributed by atoms with Gasteiger partial charge in [0.15, 0.2) is 5.76 Å². The van der Waals surface area contributed by atoms with E-state index in [0.717, 1.165) is 61.5 Å². The average molecular weight is 407 g/mol. The molecule has 31 heavy (non-hydrogen) atoms. The molecule has 0 aliphatic carbocycles. The summed E-state index contributed by atoms with van der Waals surface area (Å²) >= 11 is 0. The van der Waals surface area contributed by atoms with E-state index >= 15 is 0 Å². The third kappa shape index (κ3) is 2.86. The van der Waals surface area contributed by atoms with E-state index in [1.807, 2.05) is 42.6 Å². The van der Waals surface area contributed by atoms with E-state index in [1.54, 1.807) is 25.8 Å². The highest BCUT2D eigenvalue weighted by molar-refractivity contribution is 6.00. The summed E-state index contributed by atoms with van der Waals surface area (Å²) in [5, 5.41) is 9.71. The normalized spacial score (nSPS) is 11.4. The Morgan fingerprint density at radius 3 is 2.71 bits per heavy atom. The molecule has 0 amide bonds. The van der Waals surface area contributed by atoms with E-state index in [-0.39, 0.29) is 0 Å². The largest absolute Gasteiger partial charge is 0.495 e. The fourth-order valence-corrected chi connectivity index (χ4v) is 3.88. The number of aromatic nitrogens is 5. The Labute approximate surface area is 176 Å². The van der Waals surface area contributed by atoms with Crippen LogP contribution in [0.3, 0.4) is 0 Å². The van der Waals surface area contributed by atoms with Gasteiger partial charge in [-0.25, -0.2) is 0 Å². The van der Waals surface area contributed by atoms with Gasteiger partial charge in [-0.3, -0.25) is 15.1 Å². The molecule has 5 heterocycles. The molecule has 5 aromatic heterocycles. The standard InChI is InChI=1S/C24H17N5O2/c1-30-16-9-15(12-25-13-16)14-4-5-20-17(10-14)23(29-28-20)21-11-18-19(27-21)6-7-26-24(18)22-3-2-8-31-22/h2-13,27H,1H3,(H,28,29).